The Morgan fingerprint density at radius 3 is 1.62 bits per heavy atom. The van der Waals surface area contributed by atoms with Crippen molar-refractivity contribution in [2.24, 2.45) is 4.99 Å². The van der Waals surface area contributed by atoms with Crippen LogP contribution < -0.4 is 0 Å². The average Bonchev–Trinajstić information content (AvgIpc) is 1.65. The van der Waals surface area contributed by atoms with E-state index in [9.17, 15) is 0 Å². The van der Waals surface area contributed by atoms with Gasteiger partial charge in [0, 0.05) is 7.05 Å². The summed E-state index contributed by atoms with van der Waals surface area (Å²) in [6.45, 7) is 9.39. The summed E-state index contributed by atoms with van der Waals surface area (Å²) in [6, 6.07) is 0. The molecule has 1 heteroatoms. The van der Waals surface area contributed by atoms with E-state index in [-0.39, 0.29) is 0 Å². The van der Waals surface area contributed by atoms with Crippen molar-refractivity contribution in [3.8, 4) is 0 Å². The third-order valence-electron chi connectivity index (χ3n) is 0.258. The second-order valence-corrected chi connectivity index (χ2v) is 1.72. The highest BCUT2D eigenvalue weighted by Crippen LogP contribution is 1.73. The first-order valence-electron chi connectivity index (χ1n) is 2.64. The van der Waals surface area contributed by atoms with Crippen molar-refractivity contribution in [1.29, 1.82) is 0 Å². The third-order valence-corrected chi connectivity index (χ3v) is 0.258. The first-order valence-corrected chi connectivity index (χ1v) is 2.64. The Labute approximate surface area is 52.1 Å². The predicted molar refractivity (Wildman–Crippen MR) is 40.6 cm³/mol. The van der Waals surface area contributed by atoms with Crippen molar-refractivity contribution >= 4 is 6.21 Å². The van der Waals surface area contributed by atoms with Crippen LogP contribution in [-0.2, 0) is 0 Å². The van der Waals surface area contributed by atoms with Crippen LogP contribution in [0.3, 0.4) is 0 Å². The summed E-state index contributed by atoms with van der Waals surface area (Å²) >= 11 is 0. The van der Waals surface area contributed by atoms with Crippen molar-refractivity contribution in [3.63, 3.8) is 0 Å². The fourth-order valence-electron chi connectivity index (χ4n) is 0. The van der Waals surface area contributed by atoms with Gasteiger partial charge in [-0.3, -0.25) is 0 Å². The zero-order chi connectivity index (χ0) is 6.99. The lowest BCUT2D eigenvalue weighted by Gasteiger charge is -1.65. The second kappa shape index (κ2) is 9.65. The van der Waals surface area contributed by atoms with E-state index in [1.807, 2.05) is 20.8 Å². The third kappa shape index (κ3) is 626. The van der Waals surface area contributed by atoms with Crippen LogP contribution in [0.15, 0.2) is 17.1 Å². The lowest BCUT2D eigenvalue weighted by atomic mass is 10.4. The van der Waals surface area contributed by atoms with E-state index in [2.05, 4.69) is 11.6 Å². The maximum atomic E-state index is 3.61. The van der Waals surface area contributed by atoms with Gasteiger partial charge in [-0.05, 0) is 27.0 Å². The van der Waals surface area contributed by atoms with Crippen LogP contribution in [0, 0.1) is 0 Å². The molecular formula is C7H15N. The molecule has 0 aliphatic carbocycles. The number of aliphatic imine (C=N–C) groups is 1. The summed E-state index contributed by atoms with van der Waals surface area (Å²) in [6.07, 6.45) is 1.75. The molecule has 0 atom stereocenters. The standard InChI is InChI=1S/C4H8.C3H7N/c1-4(2)3;1-3-4-2/h1H2,2-3H3;3H,1-2H3. The summed E-state index contributed by atoms with van der Waals surface area (Å²) in [5, 5.41) is 0. The number of hydrogen-bond donors (Lipinski definition) is 0. The second-order valence-electron chi connectivity index (χ2n) is 1.72. The van der Waals surface area contributed by atoms with E-state index in [4.69, 9.17) is 0 Å². The van der Waals surface area contributed by atoms with Gasteiger partial charge in [0.05, 0.1) is 0 Å². The fourth-order valence-corrected chi connectivity index (χ4v) is 0. The zero-order valence-electron chi connectivity index (χ0n) is 6.23. The Balaban J connectivity index is 0. The van der Waals surface area contributed by atoms with Crippen LogP contribution in [0.4, 0.5) is 0 Å². The Hall–Kier alpha value is -0.590. The molecule has 1 nitrogen and oxygen atoms in total. The fraction of sp³-hybridized carbons (Fsp3) is 0.571. The molecule has 0 heterocycles. The minimum Gasteiger partial charge on any atom is -0.301 e. The number of rotatable bonds is 0. The van der Waals surface area contributed by atoms with Crippen LogP contribution in [0.1, 0.15) is 20.8 Å². The molecule has 0 fully saturated rings. The Morgan fingerprint density at radius 1 is 1.50 bits per heavy atom. The molecule has 0 rings (SSSR count). The topological polar surface area (TPSA) is 12.4 Å². The molecule has 0 saturated carbocycles. The molecule has 0 saturated heterocycles. The molecule has 0 N–H and O–H groups in total. The highest BCUT2D eigenvalue weighted by Gasteiger charge is 1.51. The molecule has 0 unspecified atom stereocenters. The van der Waals surface area contributed by atoms with Crippen molar-refractivity contribution in [2.45, 2.75) is 20.8 Å². The van der Waals surface area contributed by atoms with Gasteiger partial charge >= 0.3 is 0 Å². The lowest BCUT2D eigenvalue weighted by molar-refractivity contribution is 1.42. The molecule has 0 radical (unpaired) electrons. The number of nitrogens with zero attached hydrogens (tertiary/aromatic N) is 1. The maximum absolute atomic E-state index is 3.61. The van der Waals surface area contributed by atoms with E-state index in [1.54, 1.807) is 13.3 Å². The summed E-state index contributed by atoms with van der Waals surface area (Å²) in [7, 11) is 1.75. The van der Waals surface area contributed by atoms with Gasteiger partial charge in [0.2, 0.25) is 0 Å². The average molecular weight is 113 g/mol. The quantitative estimate of drug-likeness (QED) is 0.337. The van der Waals surface area contributed by atoms with Crippen molar-refractivity contribution in [3.05, 3.63) is 12.2 Å². The van der Waals surface area contributed by atoms with E-state index in [0.29, 0.717) is 0 Å². The maximum Gasteiger partial charge on any atom is 0.0273 e. The molecular weight excluding hydrogens is 98.1 g/mol. The molecule has 0 amide bonds. The predicted octanol–water partition coefficient (Wildman–Crippen LogP) is 2.29. The van der Waals surface area contributed by atoms with Crippen LogP contribution in [-0.4, -0.2) is 13.3 Å². The Bertz CT molecular complexity index is 64.5. The van der Waals surface area contributed by atoms with Crippen molar-refractivity contribution < 1.29 is 0 Å². The summed E-state index contributed by atoms with van der Waals surface area (Å²) in [5.74, 6) is 0. The van der Waals surface area contributed by atoms with Crippen LogP contribution in [0.5, 0.6) is 0 Å². The van der Waals surface area contributed by atoms with Crippen LogP contribution in [0.25, 0.3) is 0 Å². The normalized spacial score (nSPS) is 8.00. The number of hydrogen-bond acceptors (Lipinski definition) is 1. The first-order chi connectivity index (χ1) is 3.65. The monoisotopic (exact) mass is 113 g/mol. The highest BCUT2D eigenvalue weighted by molar-refractivity contribution is 5.52. The SMILES string of the molecule is C=C(C)C.CC=NC. The largest absolute Gasteiger partial charge is 0.301 e. The number of allylic oxidation sites excluding steroid dienone is 1. The molecule has 0 aromatic carbocycles. The van der Waals surface area contributed by atoms with Gasteiger partial charge in [-0.2, -0.15) is 0 Å². The first kappa shape index (κ1) is 10.4. The van der Waals surface area contributed by atoms with Crippen LogP contribution in [0.2, 0.25) is 0 Å². The van der Waals surface area contributed by atoms with E-state index in [0.717, 1.165) is 0 Å². The Morgan fingerprint density at radius 2 is 1.62 bits per heavy atom. The van der Waals surface area contributed by atoms with E-state index >= 15 is 0 Å². The van der Waals surface area contributed by atoms with Crippen molar-refractivity contribution in [2.75, 3.05) is 7.05 Å². The smallest absolute Gasteiger partial charge is 0.0273 e. The molecule has 8 heavy (non-hydrogen) atoms. The lowest BCUT2D eigenvalue weighted by Crippen LogP contribution is -1.47. The highest BCUT2D eigenvalue weighted by atomic mass is 14.6. The Kier molecular flexibility index (Phi) is 12.5. The van der Waals surface area contributed by atoms with Gasteiger partial charge < -0.3 is 4.99 Å². The minimum absolute atomic E-state index is 1.17. The summed E-state index contributed by atoms with van der Waals surface area (Å²) in [5.41, 5.74) is 1.17. The molecule has 0 bridgehead atoms. The molecule has 0 spiro atoms. The van der Waals surface area contributed by atoms with E-state index in [1.165, 1.54) is 5.57 Å². The van der Waals surface area contributed by atoms with Gasteiger partial charge in [0.25, 0.3) is 0 Å². The van der Waals surface area contributed by atoms with Gasteiger partial charge in [-0.25, -0.2) is 0 Å². The van der Waals surface area contributed by atoms with Gasteiger partial charge in [-0.1, -0.05) is 5.57 Å². The summed E-state index contributed by atoms with van der Waals surface area (Å²) in [4.78, 5) is 3.61. The summed E-state index contributed by atoms with van der Waals surface area (Å²) < 4.78 is 0. The van der Waals surface area contributed by atoms with E-state index < -0.39 is 0 Å². The molecule has 48 valence electrons. The van der Waals surface area contributed by atoms with Gasteiger partial charge in [0.15, 0.2) is 0 Å². The van der Waals surface area contributed by atoms with Gasteiger partial charge in [-0.15, -0.1) is 6.58 Å². The minimum atomic E-state index is 1.17. The molecule has 0 aromatic rings. The molecule has 0 aliphatic rings. The van der Waals surface area contributed by atoms with Crippen molar-refractivity contribution in [1.82, 2.24) is 0 Å². The molecule has 0 aromatic heterocycles. The zero-order valence-corrected chi connectivity index (χ0v) is 6.23. The molecule has 0 aliphatic heterocycles. The van der Waals surface area contributed by atoms with Gasteiger partial charge in [0.1, 0.15) is 0 Å². The van der Waals surface area contributed by atoms with Crippen LogP contribution >= 0.6 is 0 Å².